The van der Waals surface area contributed by atoms with Crippen molar-refractivity contribution in [2.24, 2.45) is 5.73 Å². The topological polar surface area (TPSA) is 151 Å². The first-order valence-corrected chi connectivity index (χ1v) is 10.1. The summed E-state index contributed by atoms with van der Waals surface area (Å²) in [7, 11) is 1.66. The number of nitrogens with two attached hydrogens (primary N) is 1. The molecule has 0 bridgehead atoms. The molecule has 1 aromatic carbocycles. The Morgan fingerprint density at radius 2 is 2.16 bits per heavy atom. The van der Waals surface area contributed by atoms with Gasteiger partial charge in [-0.25, -0.2) is 4.79 Å². The van der Waals surface area contributed by atoms with E-state index in [2.05, 4.69) is 4.98 Å². The van der Waals surface area contributed by atoms with Crippen LogP contribution < -0.4 is 21.7 Å². The van der Waals surface area contributed by atoms with E-state index in [0.29, 0.717) is 30.9 Å². The van der Waals surface area contributed by atoms with Gasteiger partial charge in [0.25, 0.3) is 11.5 Å². The molecule has 168 valence electrons. The van der Waals surface area contributed by atoms with Crippen LogP contribution >= 0.6 is 0 Å². The summed E-state index contributed by atoms with van der Waals surface area (Å²) in [5, 5.41) is 21.6. The SMILES string of the molecule is CN(C(=O)c1cccc(OCCN)c1)[C@H]1CC[C@@](O)(Cn2ccc(=O)[nH]c2=O)[C@H](O)C1. The number of aliphatic hydroxyl groups is 2. The third-order valence-electron chi connectivity index (χ3n) is 5.70. The van der Waals surface area contributed by atoms with Gasteiger partial charge in [0, 0.05) is 37.5 Å². The van der Waals surface area contributed by atoms with Gasteiger partial charge in [0.2, 0.25) is 0 Å². The Morgan fingerprint density at radius 1 is 1.39 bits per heavy atom. The highest BCUT2D eigenvalue weighted by Crippen LogP contribution is 2.32. The zero-order valence-corrected chi connectivity index (χ0v) is 17.4. The molecule has 1 amide bonds. The number of ether oxygens (including phenoxy) is 1. The molecule has 1 aliphatic rings. The molecule has 3 rings (SSSR count). The molecule has 0 aliphatic heterocycles. The fourth-order valence-electron chi connectivity index (χ4n) is 3.84. The molecule has 1 fully saturated rings. The summed E-state index contributed by atoms with van der Waals surface area (Å²) in [6.07, 6.45) is 0.909. The molecule has 1 aliphatic carbocycles. The van der Waals surface area contributed by atoms with Gasteiger partial charge in [-0.1, -0.05) is 6.07 Å². The maximum atomic E-state index is 12.9. The van der Waals surface area contributed by atoms with Gasteiger partial charge in [-0.2, -0.15) is 0 Å². The number of benzene rings is 1. The van der Waals surface area contributed by atoms with E-state index in [4.69, 9.17) is 10.5 Å². The quantitative estimate of drug-likeness (QED) is 0.451. The van der Waals surface area contributed by atoms with E-state index in [0.717, 1.165) is 4.57 Å². The number of aliphatic hydroxyl groups excluding tert-OH is 1. The van der Waals surface area contributed by atoms with Gasteiger partial charge in [0.05, 0.1) is 12.6 Å². The molecule has 0 spiro atoms. The number of H-pyrrole nitrogens is 1. The molecule has 5 N–H and O–H groups in total. The summed E-state index contributed by atoms with van der Waals surface area (Å²) < 4.78 is 6.63. The summed E-state index contributed by atoms with van der Waals surface area (Å²) >= 11 is 0. The van der Waals surface area contributed by atoms with Crippen molar-refractivity contribution < 1.29 is 19.7 Å². The zero-order chi connectivity index (χ0) is 22.6. The normalized spacial score (nSPS) is 23.4. The molecule has 1 saturated carbocycles. The summed E-state index contributed by atoms with van der Waals surface area (Å²) in [5.41, 5.74) is 3.16. The minimum atomic E-state index is -1.54. The van der Waals surface area contributed by atoms with Crippen LogP contribution in [0.5, 0.6) is 5.75 Å². The number of carbonyl (C=O) groups is 1. The molecule has 10 heteroatoms. The average Bonchev–Trinajstić information content (AvgIpc) is 2.75. The van der Waals surface area contributed by atoms with Crippen LogP contribution in [0.25, 0.3) is 0 Å². The van der Waals surface area contributed by atoms with Gasteiger partial charge in [-0.05, 0) is 37.5 Å². The van der Waals surface area contributed by atoms with E-state index in [1.807, 2.05) is 0 Å². The smallest absolute Gasteiger partial charge is 0.328 e. The standard InChI is InChI=1S/C21H28N4O6/c1-24(19(28)14-3-2-4-16(11-14)31-10-8-22)15-5-7-21(30,17(26)12-15)13-25-9-6-18(27)23-20(25)29/h2-4,6,9,11,15,17,26,30H,5,7-8,10,12-13,22H2,1H3,(H,23,27,29)/t15-,17+,21+/m0/s1. The number of nitrogens with zero attached hydrogens (tertiary/aromatic N) is 2. The van der Waals surface area contributed by atoms with Crippen molar-refractivity contribution in [3.63, 3.8) is 0 Å². The molecule has 1 heterocycles. The van der Waals surface area contributed by atoms with Crippen LogP contribution in [-0.4, -0.2) is 68.5 Å². The number of nitrogens with one attached hydrogen (secondary N) is 1. The second-order valence-corrected chi connectivity index (χ2v) is 7.87. The fraction of sp³-hybridized carbons (Fsp3) is 0.476. The molecule has 0 saturated heterocycles. The van der Waals surface area contributed by atoms with Crippen molar-refractivity contribution in [3.05, 3.63) is 62.9 Å². The van der Waals surface area contributed by atoms with E-state index in [1.54, 1.807) is 36.2 Å². The molecule has 3 atom stereocenters. The number of rotatable bonds is 7. The van der Waals surface area contributed by atoms with Gasteiger partial charge in [-0.3, -0.25) is 19.1 Å². The van der Waals surface area contributed by atoms with Gasteiger partial charge < -0.3 is 25.6 Å². The number of aromatic amines is 1. The van der Waals surface area contributed by atoms with Crippen LogP contribution in [0.2, 0.25) is 0 Å². The predicted molar refractivity (Wildman–Crippen MR) is 113 cm³/mol. The molecule has 1 aromatic heterocycles. The van der Waals surface area contributed by atoms with Crippen molar-refractivity contribution in [3.8, 4) is 5.75 Å². The maximum Gasteiger partial charge on any atom is 0.328 e. The van der Waals surface area contributed by atoms with E-state index in [1.165, 1.54) is 12.3 Å². The number of aromatic nitrogens is 2. The van der Waals surface area contributed by atoms with E-state index >= 15 is 0 Å². The molecular formula is C21H28N4O6. The number of amides is 1. The lowest BCUT2D eigenvalue weighted by Crippen LogP contribution is -2.55. The summed E-state index contributed by atoms with van der Waals surface area (Å²) in [6, 6.07) is 7.70. The highest BCUT2D eigenvalue weighted by molar-refractivity contribution is 5.94. The lowest BCUT2D eigenvalue weighted by molar-refractivity contribution is -0.122. The van der Waals surface area contributed by atoms with Crippen LogP contribution in [0, 0.1) is 0 Å². The van der Waals surface area contributed by atoms with Crippen LogP contribution in [0.4, 0.5) is 0 Å². The Balaban J connectivity index is 1.67. The van der Waals surface area contributed by atoms with Crippen LogP contribution in [0.15, 0.2) is 46.1 Å². The Kier molecular flexibility index (Phi) is 6.94. The highest BCUT2D eigenvalue weighted by atomic mass is 16.5. The largest absolute Gasteiger partial charge is 0.492 e. The Hall–Kier alpha value is -2.95. The minimum absolute atomic E-state index is 0.153. The first kappa shape index (κ1) is 22.7. The predicted octanol–water partition coefficient (Wildman–Crippen LogP) is -0.709. The van der Waals surface area contributed by atoms with Gasteiger partial charge in [0.15, 0.2) is 0 Å². The van der Waals surface area contributed by atoms with Crippen molar-refractivity contribution in [1.82, 2.24) is 14.5 Å². The molecule has 31 heavy (non-hydrogen) atoms. The van der Waals surface area contributed by atoms with Crippen molar-refractivity contribution in [1.29, 1.82) is 0 Å². The van der Waals surface area contributed by atoms with Crippen LogP contribution in [-0.2, 0) is 6.54 Å². The van der Waals surface area contributed by atoms with Gasteiger partial charge in [-0.15, -0.1) is 0 Å². The molecule has 0 unspecified atom stereocenters. The van der Waals surface area contributed by atoms with Crippen LogP contribution in [0.3, 0.4) is 0 Å². The average molecular weight is 432 g/mol. The third-order valence-corrected chi connectivity index (χ3v) is 5.70. The first-order chi connectivity index (χ1) is 14.7. The molecule has 10 nitrogen and oxygen atoms in total. The molecular weight excluding hydrogens is 404 g/mol. The lowest BCUT2D eigenvalue weighted by Gasteiger charge is -2.43. The molecule has 0 radical (unpaired) electrons. The van der Waals surface area contributed by atoms with Crippen LogP contribution in [0.1, 0.15) is 29.6 Å². The first-order valence-electron chi connectivity index (χ1n) is 10.1. The Morgan fingerprint density at radius 3 is 2.84 bits per heavy atom. The number of hydrogen-bond acceptors (Lipinski definition) is 7. The molecule has 2 aromatic rings. The van der Waals surface area contributed by atoms with Gasteiger partial charge >= 0.3 is 5.69 Å². The monoisotopic (exact) mass is 432 g/mol. The highest BCUT2D eigenvalue weighted by Gasteiger charge is 2.43. The third kappa shape index (κ3) is 5.22. The summed E-state index contributed by atoms with van der Waals surface area (Å²) in [6.45, 7) is 0.556. The lowest BCUT2D eigenvalue weighted by atomic mass is 9.79. The fourth-order valence-corrected chi connectivity index (χ4v) is 3.84. The zero-order valence-electron chi connectivity index (χ0n) is 17.4. The second-order valence-electron chi connectivity index (χ2n) is 7.87. The minimum Gasteiger partial charge on any atom is -0.492 e. The van der Waals surface area contributed by atoms with E-state index in [9.17, 15) is 24.6 Å². The van der Waals surface area contributed by atoms with Crippen molar-refractivity contribution >= 4 is 5.91 Å². The van der Waals surface area contributed by atoms with Crippen molar-refractivity contribution in [2.75, 3.05) is 20.2 Å². The van der Waals surface area contributed by atoms with E-state index in [-0.39, 0.29) is 31.3 Å². The summed E-state index contributed by atoms with van der Waals surface area (Å²) in [5.74, 6) is 0.326. The maximum absolute atomic E-state index is 12.9. The summed E-state index contributed by atoms with van der Waals surface area (Å²) in [4.78, 5) is 39.7. The number of hydrogen-bond donors (Lipinski definition) is 4. The Bertz CT molecular complexity index is 1030. The van der Waals surface area contributed by atoms with E-state index < -0.39 is 23.0 Å². The van der Waals surface area contributed by atoms with Gasteiger partial charge in [0.1, 0.15) is 18.0 Å². The number of carbonyl (C=O) groups excluding carboxylic acids is 1. The second kappa shape index (κ2) is 9.46. The van der Waals surface area contributed by atoms with Crippen molar-refractivity contribution in [2.45, 2.75) is 43.6 Å². The Labute approximate surface area is 178 Å².